The standard InChI is InChI=1S/C6H4O2.2N3/c7-5-1-2-6(8)4-3-5;2*1-3-2/h1-4H;;/q;2*-1. The molecule has 0 aromatic rings. The average molecular weight is 192 g/mol. The van der Waals surface area contributed by atoms with Gasteiger partial charge in [0.1, 0.15) is 0 Å². The van der Waals surface area contributed by atoms with Crippen LogP contribution in [0.2, 0.25) is 0 Å². The van der Waals surface area contributed by atoms with E-state index in [1.807, 2.05) is 0 Å². The van der Waals surface area contributed by atoms with E-state index in [0.717, 1.165) is 0 Å². The lowest BCUT2D eigenvalue weighted by Gasteiger charge is -1.87. The molecular weight excluding hydrogens is 188 g/mol. The van der Waals surface area contributed by atoms with E-state index in [1.54, 1.807) is 0 Å². The molecular formula is C6H4N6O2-2. The lowest BCUT2D eigenvalue weighted by Crippen LogP contribution is -1.97. The Hall–Kier alpha value is -2.56. The van der Waals surface area contributed by atoms with Gasteiger partial charge in [-0.15, -0.1) is 0 Å². The Labute approximate surface area is 78.4 Å². The Morgan fingerprint density at radius 3 is 1.00 bits per heavy atom. The first-order chi connectivity index (χ1) is 6.62. The highest BCUT2D eigenvalue weighted by molar-refractivity contribution is 6.14. The Kier molecular flexibility index (Phi) is 10.4. The summed E-state index contributed by atoms with van der Waals surface area (Å²) < 4.78 is 0. The van der Waals surface area contributed by atoms with Crippen LogP contribution in [0.4, 0.5) is 0 Å². The van der Waals surface area contributed by atoms with E-state index in [9.17, 15) is 9.59 Å². The van der Waals surface area contributed by atoms with Crippen molar-refractivity contribution in [3.8, 4) is 0 Å². The van der Waals surface area contributed by atoms with Crippen molar-refractivity contribution in [2.75, 3.05) is 0 Å². The largest absolute Gasteiger partial charge is 0.373 e. The van der Waals surface area contributed by atoms with Gasteiger partial charge in [0, 0.05) is 0 Å². The number of rotatable bonds is 0. The van der Waals surface area contributed by atoms with Crippen molar-refractivity contribution >= 4 is 11.6 Å². The highest BCUT2D eigenvalue weighted by Crippen LogP contribution is 1.90. The summed E-state index contributed by atoms with van der Waals surface area (Å²) in [6.07, 6.45) is 5.01. The van der Waals surface area contributed by atoms with Crippen molar-refractivity contribution < 1.29 is 9.59 Å². The smallest absolute Gasteiger partial charge is 0.178 e. The van der Waals surface area contributed by atoms with Gasteiger partial charge in [0.25, 0.3) is 0 Å². The second-order valence-corrected chi connectivity index (χ2v) is 1.65. The van der Waals surface area contributed by atoms with Crippen LogP contribution < -0.4 is 0 Å². The number of carbonyl (C=O) groups excluding carboxylic acids is 2. The second-order valence-electron chi connectivity index (χ2n) is 1.65. The van der Waals surface area contributed by atoms with Crippen molar-refractivity contribution in [1.82, 2.24) is 0 Å². The summed E-state index contributed by atoms with van der Waals surface area (Å²) in [4.78, 5) is 23.6. The third-order valence-electron chi connectivity index (χ3n) is 0.824. The fourth-order valence-electron chi connectivity index (χ4n) is 0.440. The van der Waals surface area contributed by atoms with Crippen LogP contribution in [-0.4, -0.2) is 11.6 Å². The predicted molar refractivity (Wildman–Crippen MR) is 48.4 cm³/mol. The van der Waals surface area contributed by atoms with Crippen LogP contribution in [0.25, 0.3) is 31.9 Å². The molecule has 0 fully saturated rings. The minimum absolute atomic E-state index is 0.121. The van der Waals surface area contributed by atoms with E-state index in [1.165, 1.54) is 34.1 Å². The zero-order valence-electron chi connectivity index (χ0n) is 6.81. The molecule has 8 nitrogen and oxygen atoms in total. The number of carbonyl (C=O) groups is 2. The van der Waals surface area contributed by atoms with Crippen LogP contribution in [0.1, 0.15) is 0 Å². The fourth-order valence-corrected chi connectivity index (χ4v) is 0.440. The van der Waals surface area contributed by atoms with Gasteiger partial charge in [0.2, 0.25) is 0 Å². The summed E-state index contributed by atoms with van der Waals surface area (Å²) >= 11 is 0. The van der Waals surface area contributed by atoms with Gasteiger partial charge in [-0.3, -0.25) is 19.4 Å². The third kappa shape index (κ3) is 12.1. The van der Waals surface area contributed by atoms with E-state index < -0.39 is 0 Å². The molecule has 0 aliphatic heterocycles. The normalized spacial score (nSPS) is 11.1. The Balaban J connectivity index is 0. The summed E-state index contributed by atoms with van der Waals surface area (Å²) in [5, 5.41) is 0. The summed E-state index contributed by atoms with van der Waals surface area (Å²) in [5.74, 6) is -0.241. The highest BCUT2D eigenvalue weighted by Gasteiger charge is 1.97. The molecule has 1 aliphatic rings. The SMILES string of the molecule is O=C1C=CC(=O)C=C1.[N-]=[N+]=[N-].[N-]=[N+]=[N-]. The summed E-state index contributed by atoms with van der Waals surface area (Å²) in [6.45, 7) is 0. The molecule has 0 atom stereocenters. The Morgan fingerprint density at radius 1 is 0.714 bits per heavy atom. The van der Waals surface area contributed by atoms with E-state index in [0.29, 0.717) is 0 Å². The molecule has 0 radical (unpaired) electrons. The molecule has 0 N–H and O–H groups in total. The quantitative estimate of drug-likeness (QED) is 0.249. The molecule has 14 heavy (non-hydrogen) atoms. The van der Waals surface area contributed by atoms with E-state index in [-0.39, 0.29) is 11.6 Å². The van der Waals surface area contributed by atoms with E-state index in [4.69, 9.17) is 22.1 Å². The molecule has 1 aliphatic carbocycles. The highest BCUT2D eigenvalue weighted by atomic mass is 16.1. The lowest BCUT2D eigenvalue weighted by molar-refractivity contribution is -0.113. The predicted octanol–water partition coefficient (Wildman–Crippen LogP) is 1.98. The molecule has 0 amide bonds. The van der Waals surface area contributed by atoms with Crippen molar-refractivity contribution in [1.29, 1.82) is 0 Å². The van der Waals surface area contributed by atoms with Crippen LogP contribution in [-0.2, 0) is 9.59 Å². The van der Waals surface area contributed by atoms with Crippen molar-refractivity contribution in [2.45, 2.75) is 0 Å². The molecule has 0 saturated carbocycles. The van der Waals surface area contributed by atoms with Crippen LogP contribution in [0.5, 0.6) is 0 Å². The molecule has 72 valence electrons. The molecule has 0 saturated heterocycles. The number of hydrogen-bond donors (Lipinski definition) is 0. The van der Waals surface area contributed by atoms with Crippen molar-refractivity contribution in [3.63, 3.8) is 0 Å². The van der Waals surface area contributed by atoms with Crippen molar-refractivity contribution in [3.05, 3.63) is 56.3 Å². The molecule has 0 heterocycles. The van der Waals surface area contributed by atoms with Crippen molar-refractivity contribution in [2.24, 2.45) is 0 Å². The summed E-state index contributed by atoms with van der Waals surface area (Å²) in [7, 11) is 0. The molecule has 0 spiro atoms. The van der Waals surface area contributed by atoms with Gasteiger partial charge in [-0.25, -0.2) is 0 Å². The number of nitrogens with zero attached hydrogens (tertiary/aromatic N) is 6. The zero-order valence-corrected chi connectivity index (χ0v) is 6.81. The van der Waals surface area contributed by atoms with Gasteiger partial charge in [-0.1, -0.05) is 0 Å². The molecule has 0 bridgehead atoms. The molecule has 8 heteroatoms. The van der Waals surface area contributed by atoms with E-state index >= 15 is 0 Å². The maximum atomic E-state index is 10.3. The van der Waals surface area contributed by atoms with Crippen LogP contribution in [0.15, 0.2) is 24.3 Å². The van der Waals surface area contributed by atoms with E-state index in [2.05, 4.69) is 0 Å². The first kappa shape index (κ1) is 14.0. The molecule has 1 rings (SSSR count). The number of hydrogen-bond acceptors (Lipinski definition) is 2. The first-order valence-corrected chi connectivity index (χ1v) is 3.03. The van der Waals surface area contributed by atoms with Crippen LogP contribution in [0.3, 0.4) is 0 Å². The fraction of sp³-hybridized carbons (Fsp3) is 0. The molecule has 0 aromatic heterocycles. The third-order valence-corrected chi connectivity index (χ3v) is 0.824. The molecule has 0 aromatic carbocycles. The summed E-state index contributed by atoms with van der Waals surface area (Å²) in [5.41, 5.74) is 27.0. The Morgan fingerprint density at radius 2 is 0.857 bits per heavy atom. The van der Waals surface area contributed by atoms with Gasteiger partial charge >= 0.3 is 0 Å². The monoisotopic (exact) mass is 192 g/mol. The van der Waals surface area contributed by atoms with Gasteiger partial charge in [-0.2, -0.15) is 0 Å². The van der Waals surface area contributed by atoms with Gasteiger partial charge in [0.15, 0.2) is 11.6 Å². The number of ketones is 2. The van der Waals surface area contributed by atoms with Gasteiger partial charge in [-0.05, 0) is 24.3 Å². The second kappa shape index (κ2) is 10.4. The minimum Gasteiger partial charge on any atom is -0.373 e. The molecule has 0 unspecified atom stereocenters. The minimum atomic E-state index is -0.121. The first-order valence-electron chi connectivity index (χ1n) is 3.03. The maximum absolute atomic E-state index is 10.3. The average Bonchev–Trinajstić information content (AvgIpc) is 2.13. The van der Waals surface area contributed by atoms with Gasteiger partial charge < -0.3 is 22.1 Å². The van der Waals surface area contributed by atoms with Crippen LogP contribution >= 0.6 is 0 Å². The Bertz CT molecular complexity index is 280. The maximum Gasteiger partial charge on any atom is 0.178 e. The van der Waals surface area contributed by atoms with Crippen LogP contribution in [0, 0.1) is 0 Å². The topological polar surface area (TPSA) is 152 Å². The van der Waals surface area contributed by atoms with Gasteiger partial charge in [0.05, 0.1) is 0 Å². The zero-order chi connectivity index (χ0) is 11.4. The lowest BCUT2D eigenvalue weighted by atomic mass is 10.2. The summed E-state index contributed by atoms with van der Waals surface area (Å²) in [6, 6.07) is 0. The number of allylic oxidation sites excluding steroid dienone is 4.